The molecule has 5 heteroatoms. The fraction of sp³-hybridized carbons (Fsp3) is 0.381. The Morgan fingerprint density at radius 3 is 2.58 bits per heavy atom. The van der Waals surface area contributed by atoms with E-state index in [0.717, 1.165) is 31.7 Å². The topological polar surface area (TPSA) is 32.8 Å². The van der Waals surface area contributed by atoms with Crippen molar-refractivity contribution in [3.63, 3.8) is 0 Å². The lowest BCUT2D eigenvalue weighted by atomic mass is 10.1. The molecule has 1 aliphatic heterocycles. The van der Waals surface area contributed by atoms with Crippen LogP contribution in [-0.2, 0) is 6.61 Å². The predicted octanol–water partition coefficient (Wildman–Crippen LogP) is 4.09. The van der Waals surface area contributed by atoms with E-state index in [0.29, 0.717) is 22.9 Å². The number of halogens is 1. The Labute approximate surface area is 160 Å². The van der Waals surface area contributed by atoms with E-state index >= 15 is 0 Å². The third-order valence-electron chi connectivity index (χ3n) is 4.76. The molecule has 0 saturated carbocycles. The van der Waals surface area contributed by atoms with E-state index in [1.54, 1.807) is 4.90 Å². The van der Waals surface area contributed by atoms with Gasteiger partial charge in [-0.1, -0.05) is 41.9 Å². The van der Waals surface area contributed by atoms with Gasteiger partial charge in [0, 0.05) is 30.7 Å². The zero-order chi connectivity index (χ0) is 18.4. The van der Waals surface area contributed by atoms with Crippen molar-refractivity contribution in [3.05, 3.63) is 64.7 Å². The van der Waals surface area contributed by atoms with Crippen LogP contribution in [0.15, 0.2) is 48.5 Å². The van der Waals surface area contributed by atoms with Crippen LogP contribution < -0.4 is 4.74 Å². The van der Waals surface area contributed by atoms with Gasteiger partial charge < -0.3 is 14.5 Å². The third-order valence-corrected chi connectivity index (χ3v) is 5.12. The van der Waals surface area contributed by atoms with Gasteiger partial charge in [0.2, 0.25) is 0 Å². The van der Waals surface area contributed by atoms with Gasteiger partial charge in [-0.2, -0.15) is 0 Å². The number of carbonyl (C=O) groups is 1. The first-order valence-corrected chi connectivity index (χ1v) is 9.46. The summed E-state index contributed by atoms with van der Waals surface area (Å²) in [5.74, 6) is 0.574. The molecule has 1 saturated heterocycles. The molecule has 1 amide bonds. The van der Waals surface area contributed by atoms with Crippen LogP contribution in [0.4, 0.5) is 0 Å². The minimum absolute atomic E-state index is 0.0149. The largest absolute Gasteiger partial charge is 0.488 e. The first kappa shape index (κ1) is 18.7. The summed E-state index contributed by atoms with van der Waals surface area (Å²) < 4.78 is 5.91. The number of nitrogens with zero attached hydrogens (tertiary/aromatic N) is 2. The number of benzene rings is 2. The highest BCUT2D eigenvalue weighted by Crippen LogP contribution is 2.23. The molecule has 3 rings (SSSR count). The molecule has 0 unspecified atom stereocenters. The monoisotopic (exact) mass is 372 g/mol. The summed E-state index contributed by atoms with van der Waals surface area (Å²) >= 11 is 6.19. The molecule has 1 heterocycles. The number of hydrogen-bond acceptors (Lipinski definition) is 3. The number of carbonyl (C=O) groups excluding carboxylic acids is 1. The van der Waals surface area contributed by atoms with Gasteiger partial charge >= 0.3 is 0 Å². The Balaban J connectivity index is 1.63. The van der Waals surface area contributed by atoms with Gasteiger partial charge in [-0.05, 0) is 44.1 Å². The molecule has 2 aromatic rings. The molecule has 4 nitrogen and oxygen atoms in total. The van der Waals surface area contributed by atoms with Crippen LogP contribution in [0.25, 0.3) is 0 Å². The van der Waals surface area contributed by atoms with E-state index in [1.807, 2.05) is 55.6 Å². The average molecular weight is 373 g/mol. The quantitative estimate of drug-likeness (QED) is 0.734. The van der Waals surface area contributed by atoms with Crippen LogP contribution >= 0.6 is 11.6 Å². The summed E-state index contributed by atoms with van der Waals surface area (Å²) in [5.41, 5.74) is 1.49. The number of rotatable bonds is 7. The minimum atomic E-state index is -0.0149. The molecule has 0 aromatic heterocycles. The Hall–Kier alpha value is -2.04. The third kappa shape index (κ3) is 4.77. The smallest absolute Gasteiger partial charge is 0.257 e. The summed E-state index contributed by atoms with van der Waals surface area (Å²) in [6, 6.07) is 15.0. The van der Waals surface area contributed by atoms with Gasteiger partial charge in [0.25, 0.3) is 5.91 Å². The molecular weight excluding hydrogens is 348 g/mol. The zero-order valence-electron chi connectivity index (χ0n) is 15.2. The summed E-state index contributed by atoms with van der Waals surface area (Å²) in [6.45, 7) is 4.25. The van der Waals surface area contributed by atoms with Gasteiger partial charge in [-0.15, -0.1) is 0 Å². The van der Waals surface area contributed by atoms with Gasteiger partial charge in [-0.3, -0.25) is 4.79 Å². The van der Waals surface area contributed by atoms with Crippen molar-refractivity contribution >= 4 is 17.5 Å². The lowest BCUT2D eigenvalue weighted by Crippen LogP contribution is -2.35. The number of likely N-dealkylation sites (N-methyl/N-ethyl adjacent to an activating group) is 1. The van der Waals surface area contributed by atoms with Crippen LogP contribution in [0.1, 0.15) is 28.8 Å². The maximum absolute atomic E-state index is 12.8. The minimum Gasteiger partial charge on any atom is -0.488 e. The highest BCUT2D eigenvalue weighted by molar-refractivity contribution is 6.31. The Kier molecular flexibility index (Phi) is 6.53. The van der Waals surface area contributed by atoms with E-state index in [9.17, 15) is 4.79 Å². The standard InChI is InChI=1S/C21H25ClN2O2/c1-23(14-15-24-12-6-7-13-24)21(25)18-9-3-5-11-20(18)26-16-17-8-2-4-10-19(17)22/h2-5,8-11H,6-7,12-16H2,1H3. The molecule has 0 spiro atoms. The molecule has 138 valence electrons. The van der Waals surface area contributed by atoms with Crippen LogP contribution in [-0.4, -0.2) is 48.9 Å². The maximum atomic E-state index is 12.8. The highest BCUT2D eigenvalue weighted by atomic mass is 35.5. The van der Waals surface area contributed by atoms with Gasteiger partial charge in [0.1, 0.15) is 12.4 Å². The van der Waals surface area contributed by atoms with E-state index in [1.165, 1.54) is 12.8 Å². The lowest BCUT2D eigenvalue weighted by Gasteiger charge is -2.22. The van der Waals surface area contributed by atoms with Crippen molar-refractivity contribution in [1.29, 1.82) is 0 Å². The first-order valence-electron chi connectivity index (χ1n) is 9.08. The average Bonchev–Trinajstić information content (AvgIpc) is 3.19. The predicted molar refractivity (Wildman–Crippen MR) is 105 cm³/mol. The molecule has 1 aliphatic rings. The van der Waals surface area contributed by atoms with Gasteiger partial charge in [0.15, 0.2) is 0 Å². The first-order chi connectivity index (χ1) is 12.6. The molecule has 0 atom stereocenters. The Morgan fingerprint density at radius 2 is 1.81 bits per heavy atom. The van der Waals surface area contributed by atoms with E-state index in [-0.39, 0.29) is 5.91 Å². The number of likely N-dealkylation sites (tertiary alicyclic amines) is 1. The summed E-state index contributed by atoms with van der Waals surface area (Å²) in [4.78, 5) is 17.0. The van der Waals surface area contributed by atoms with E-state index in [4.69, 9.17) is 16.3 Å². The second kappa shape index (κ2) is 9.06. The number of amides is 1. The summed E-state index contributed by atoms with van der Waals surface area (Å²) in [7, 11) is 1.85. The molecule has 0 N–H and O–H groups in total. The van der Waals surface area contributed by atoms with E-state index in [2.05, 4.69) is 4.90 Å². The van der Waals surface area contributed by atoms with Crippen molar-refractivity contribution < 1.29 is 9.53 Å². The molecule has 0 bridgehead atoms. The molecular formula is C21H25ClN2O2. The van der Waals surface area contributed by atoms with Crippen molar-refractivity contribution in [1.82, 2.24) is 9.80 Å². The summed E-state index contributed by atoms with van der Waals surface area (Å²) in [6.07, 6.45) is 2.52. The Morgan fingerprint density at radius 1 is 1.12 bits per heavy atom. The molecule has 0 radical (unpaired) electrons. The second-order valence-electron chi connectivity index (χ2n) is 6.65. The van der Waals surface area contributed by atoms with Crippen LogP contribution in [0.2, 0.25) is 5.02 Å². The normalized spacial score (nSPS) is 14.4. The van der Waals surface area contributed by atoms with Gasteiger partial charge in [0.05, 0.1) is 5.56 Å². The maximum Gasteiger partial charge on any atom is 0.257 e. The summed E-state index contributed by atoms with van der Waals surface area (Å²) in [5, 5.41) is 0.666. The van der Waals surface area contributed by atoms with Crippen LogP contribution in [0, 0.1) is 0 Å². The number of para-hydroxylation sites is 1. The van der Waals surface area contributed by atoms with Gasteiger partial charge in [-0.25, -0.2) is 0 Å². The number of ether oxygens (including phenoxy) is 1. The lowest BCUT2D eigenvalue weighted by molar-refractivity contribution is 0.0777. The highest BCUT2D eigenvalue weighted by Gasteiger charge is 2.18. The van der Waals surface area contributed by atoms with E-state index < -0.39 is 0 Å². The molecule has 0 aliphatic carbocycles. The van der Waals surface area contributed by atoms with Crippen LogP contribution in [0.5, 0.6) is 5.75 Å². The Bertz CT molecular complexity index is 744. The molecule has 2 aromatic carbocycles. The fourth-order valence-electron chi connectivity index (χ4n) is 3.14. The van der Waals surface area contributed by atoms with Crippen molar-refractivity contribution in [2.75, 3.05) is 33.2 Å². The van der Waals surface area contributed by atoms with Crippen molar-refractivity contribution in [2.45, 2.75) is 19.4 Å². The second-order valence-corrected chi connectivity index (χ2v) is 7.06. The van der Waals surface area contributed by atoms with Crippen molar-refractivity contribution in [3.8, 4) is 5.75 Å². The van der Waals surface area contributed by atoms with Crippen LogP contribution in [0.3, 0.4) is 0 Å². The van der Waals surface area contributed by atoms with Crippen molar-refractivity contribution in [2.24, 2.45) is 0 Å². The zero-order valence-corrected chi connectivity index (χ0v) is 15.9. The SMILES string of the molecule is CN(CCN1CCCC1)C(=O)c1ccccc1OCc1ccccc1Cl. The fourth-order valence-corrected chi connectivity index (χ4v) is 3.34. The molecule has 1 fully saturated rings. The number of hydrogen-bond donors (Lipinski definition) is 0. The molecule has 26 heavy (non-hydrogen) atoms.